The molecule has 0 radical (unpaired) electrons. The van der Waals surface area contributed by atoms with E-state index in [2.05, 4.69) is 10.3 Å². The van der Waals surface area contributed by atoms with Gasteiger partial charge in [0.05, 0.1) is 38.7 Å². The lowest BCUT2D eigenvalue weighted by atomic mass is 10.1. The first-order valence-corrected chi connectivity index (χ1v) is 12.6. The molecule has 0 fully saturated rings. The van der Waals surface area contributed by atoms with Gasteiger partial charge in [0.2, 0.25) is 11.7 Å². The van der Waals surface area contributed by atoms with Crippen LogP contribution in [0.1, 0.15) is 15.9 Å². The van der Waals surface area contributed by atoms with Crippen molar-refractivity contribution in [2.24, 2.45) is 4.99 Å². The SMILES string of the molecule is COc1cc(/C=C2/N=C(SCC(=O)Nc3ccccc3C(=O)[O-])N(c3ccccc3)C2=O)cc(OC)c1OC. The van der Waals surface area contributed by atoms with E-state index >= 15 is 0 Å². The maximum atomic E-state index is 13.5. The summed E-state index contributed by atoms with van der Waals surface area (Å²) in [7, 11) is 4.49. The summed E-state index contributed by atoms with van der Waals surface area (Å²) in [5.74, 6) is -1.15. The van der Waals surface area contributed by atoms with Crippen molar-refractivity contribution < 1.29 is 33.7 Å². The number of hydrogen-bond donors (Lipinski definition) is 1. The van der Waals surface area contributed by atoms with Gasteiger partial charge in [-0.1, -0.05) is 48.2 Å². The zero-order valence-corrected chi connectivity index (χ0v) is 22.1. The van der Waals surface area contributed by atoms with Gasteiger partial charge in [-0.2, -0.15) is 0 Å². The zero-order chi connectivity index (χ0) is 27.9. The van der Waals surface area contributed by atoms with Crippen LogP contribution in [0.2, 0.25) is 0 Å². The molecular weight excluding hydrogens is 522 g/mol. The number of aliphatic imine (C=N–C) groups is 1. The number of carbonyl (C=O) groups is 3. The average molecular weight is 547 g/mol. The van der Waals surface area contributed by atoms with Gasteiger partial charge in [-0.25, -0.2) is 4.99 Å². The van der Waals surface area contributed by atoms with Crippen LogP contribution in [0.5, 0.6) is 17.2 Å². The van der Waals surface area contributed by atoms with Gasteiger partial charge in [0.15, 0.2) is 16.7 Å². The van der Waals surface area contributed by atoms with E-state index < -0.39 is 11.9 Å². The third kappa shape index (κ3) is 6.04. The Labute approximate surface area is 228 Å². The summed E-state index contributed by atoms with van der Waals surface area (Å²) < 4.78 is 16.2. The summed E-state index contributed by atoms with van der Waals surface area (Å²) >= 11 is 1.04. The molecule has 2 amide bonds. The monoisotopic (exact) mass is 546 g/mol. The first kappa shape index (κ1) is 27.3. The number of nitrogens with zero attached hydrogens (tertiary/aromatic N) is 2. The van der Waals surface area contributed by atoms with Crippen LogP contribution in [0.4, 0.5) is 11.4 Å². The zero-order valence-electron chi connectivity index (χ0n) is 21.3. The Bertz CT molecular complexity index is 1450. The molecule has 0 spiro atoms. The number of rotatable bonds is 9. The van der Waals surface area contributed by atoms with E-state index in [1.165, 1.54) is 44.4 Å². The Morgan fingerprint density at radius 1 is 0.974 bits per heavy atom. The number of methoxy groups -OCH3 is 3. The van der Waals surface area contributed by atoms with Crippen molar-refractivity contribution in [1.29, 1.82) is 0 Å². The highest BCUT2D eigenvalue weighted by Crippen LogP contribution is 2.39. The van der Waals surface area contributed by atoms with Crippen LogP contribution < -0.4 is 29.5 Å². The summed E-state index contributed by atoms with van der Waals surface area (Å²) in [5, 5.41) is 14.2. The molecule has 1 aliphatic rings. The summed E-state index contributed by atoms with van der Waals surface area (Å²) in [6.07, 6.45) is 1.59. The number of ether oxygens (including phenoxy) is 3. The summed E-state index contributed by atoms with van der Waals surface area (Å²) in [6, 6.07) is 18.2. The molecule has 1 heterocycles. The number of amidine groups is 1. The minimum Gasteiger partial charge on any atom is -0.545 e. The number of para-hydroxylation sites is 2. The van der Waals surface area contributed by atoms with Crippen molar-refractivity contribution in [3.63, 3.8) is 0 Å². The fraction of sp³-hybridized carbons (Fsp3) is 0.143. The molecule has 200 valence electrons. The maximum absolute atomic E-state index is 13.5. The Morgan fingerprint density at radius 3 is 2.23 bits per heavy atom. The van der Waals surface area contributed by atoms with E-state index in [0.717, 1.165) is 11.8 Å². The van der Waals surface area contributed by atoms with Gasteiger partial charge in [-0.15, -0.1) is 0 Å². The van der Waals surface area contributed by atoms with Crippen LogP contribution in [0.25, 0.3) is 6.08 Å². The van der Waals surface area contributed by atoms with Gasteiger partial charge in [0.25, 0.3) is 5.91 Å². The Kier molecular flexibility index (Phi) is 8.52. The van der Waals surface area contributed by atoms with Crippen molar-refractivity contribution in [2.75, 3.05) is 37.3 Å². The Balaban J connectivity index is 1.63. The van der Waals surface area contributed by atoms with Crippen LogP contribution >= 0.6 is 11.8 Å². The molecule has 0 saturated carbocycles. The topological polar surface area (TPSA) is 130 Å². The molecule has 0 saturated heterocycles. The number of hydrogen-bond acceptors (Lipinski definition) is 9. The fourth-order valence-electron chi connectivity index (χ4n) is 3.83. The third-order valence-corrected chi connectivity index (χ3v) is 6.53. The second kappa shape index (κ2) is 12.2. The second-order valence-corrected chi connectivity index (χ2v) is 8.97. The van der Waals surface area contributed by atoms with E-state index in [0.29, 0.717) is 28.5 Å². The highest BCUT2D eigenvalue weighted by atomic mass is 32.2. The summed E-state index contributed by atoms with van der Waals surface area (Å²) in [5.41, 5.74) is 1.29. The first-order chi connectivity index (χ1) is 18.9. The van der Waals surface area contributed by atoms with Crippen molar-refractivity contribution >= 4 is 52.2 Å². The number of thioether (sulfide) groups is 1. The fourth-order valence-corrected chi connectivity index (χ4v) is 4.64. The Hall–Kier alpha value is -4.77. The van der Waals surface area contributed by atoms with Gasteiger partial charge < -0.3 is 29.4 Å². The molecule has 3 aromatic rings. The van der Waals surface area contributed by atoms with Gasteiger partial charge in [0.1, 0.15) is 5.70 Å². The van der Waals surface area contributed by atoms with Crippen molar-refractivity contribution in [3.8, 4) is 17.2 Å². The summed E-state index contributed by atoms with van der Waals surface area (Å²) in [6.45, 7) is 0. The quantitative estimate of drug-likeness (QED) is 0.405. The standard InChI is InChI=1S/C28H25N3O7S/c1-36-22-14-17(15-23(37-2)25(22)38-3)13-21-26(33)31(18-9-5-4-6-10-18)28(30-21)39-16-24(32)29-20-12-8-7-11-19(20)27(34)35/h4-15H,16H2,1-3H3,(H,29,32)(H,34,35)/p-1/b21-13+. The maximum Gasteiger partial charge on any atom is 0.283 e. The van der Waals surface area contributed by atoms with Crippen molar-refractivity contribution in [3.05, 3.63) is 83.6 Å². The smallest absolute Gasteiger partial charge is 0.283 e. The molecule has 0 unspecified atom stereocenters. The molecular formula is C28H24N3O7S-. The van der Waals surface area contributed by atoms with Gasteiger partial charge >= 0.3 is 0 Å². The second-order valence-electron chi connectivity index (χ2n) is 8.03. The number of nitrogens with one attached hydrogen (secondary N) is 1. The average Bonchev–Trinajstić information content (AvgIpc) is 3.26. The number of carboxylic acid groups (broad SMARTS) is 1. The highest BCUT2D eigenvalue weighted by Gasteiger charge is 2.32. The molecule has 3 aromatic carbocycles. The normalized spacial score (nSPS) is 13.7. The molecule has 4 rings (SSSR count). The molecule has 11 heteroatoms. The van der Waals surface area contributed by atoms with E-state index in [9.17, 15) is 19.5 Å². The van der Waals surface area contributed by atoms with E-state index in [1.54, 1.807) is 48.5 Å². The van der Waals surface area contributed by atoms with Crippen molar-refractivity contribution in [2.45, 2.75) is 0 Å². The number of carboxylic acids is 1. The lowest BCUT2D eigenvalue weighted by Crippen LogP contribution is -2.31. The lowest BCUT2D eigenvalue weighted by molar-refractivity contribution is -0.254. The van der Waals surface area contributed by atoms with Crippen molar-refractivity contribution in [1.82, 2.24) is 0 Å². The molecule has 0 bridgehead atoms. The predicted octanol–water partition coefficient (Wildman–Crippen LogP) is 3.19. The first-order valence-electron chi connectivity index (χ1n) is 11.6. The Morgan fingerprint density at radius 2 is 1.62 bits per heavy atom. The molecule has 10 nitrogen and oxygen atoms in total. The number of amides is 2. The van der Waals surface area contributed by atoms with Gasteiger partial charge in [-0.3, -0.25) is 14.5 Å². The molecule has 39 heavy (non-hydrogen) atoms. The lowest BCUT2D eigenvalue weighted by Gasteiger charge is -2.18. The summed E-state index contributed by atoms with van der Waals surface area (Å²) in [4.78, 5) is 43.4. The van der Waals surface area contributed by atoms with Crippen LogP contribution in [0.3, 0.4) is 0 Å². The number of carbonyl (C=O) groups excluding carboxylic acids is 3. The highest BCUT2D eigenvalue weighted by molar-refractivity contribution is 8.14. The van der Waals surface area contributed by atoms with E-state index in [-0.39, 0.29) is 33.8 Å². The van der Waals surface area contributed by atoms with Crippen LogP contribution in [-0.4, -0.2) is 50.0 Å². The molecule has 1 N–H and O–H groups in total. The van der Waals surface area contributed by atoms with Gasteiger partial charge in [0, 0.05) is 11.3 Å². The molecule has 1 aliphatic heterocycles. The predicted molar refractivity (Wildman–Crippen MR) is 147 cm³/mol. The molecule has 0 atom stereocenters. The van der Waals surface area contributed by atoms with Crippen LogP contribution in [-0.2, 0) is 9.59 Å². The minimum absolute atomic E-state index is 0.121. The van der Waals surface area contributed by atoms with Crippen LogP contribution in [0, 0.1) is 0 Å². The molecule has 0 aliphatic carbocycles. The minimum atomic E-state index is -1.40. The van der Waals surface area contributed by atoms with Gasteiger partial charge in [-0.05, 0) is 42.0 Å². The van der Waals surface area contributed by atoms with E-state index in [1.807, 2.05) is 6.07 Å². The number of benzene rings is 3. The third-order valence-electron chi connectivity index (χ3n) is 5.59. The molecule has 0 aromatic heterocycles. The number of aromatic carboxylic acids is 1. The van der Waals surface area contributed by atoms with E-state index in [4.69, 9.17) is 14.2 Å². The largest absolute Gasteiger partial charge is 0.545 e. The number of anilines is 2. The van der Waals surface area contributed by atoms with Crippen LogP contribution in [0.15, 0.2) is 77.4 Å².